The van der Waals surface area contributed by atoms with Gasteiger partial charge in [0.2, 0.25) is 21.8 Å². The largest absolute Gasteiger partial charge is 0.355 e. The van der Waals surface area contributed by atoms with Gasteiger partial charge >= 0.3 is 0 Å². The first kappa shape index (κ1) is 28.2. The minimum absolute atomic E-state index is 0.00167. The molecule has 0 fully saturated rings. The number of hydrogen-bond donors (Lipinski definition) is 1. The summed E-state index contributed by atoms with van der Waals surface area (Å²) in [7, 11) is -3.83. The first-order chi connectivity index (χ1) is 15.9. The molecular formula is C23H28Cl3N3O4S. The molecule has 2 aromatic rings. The van der Waals surface area contributed by atoms with Gasteiger partial charge in [-0.05, 0) is 61.7 Å². The fraction of sp³-hybridized carbons (Fsp3) is 0.391. The van der Waals surface area contributed by atoms with Gasteiger partial charge in [0.05, 0.1) is 11.9 Å². The number of rotatable bonds is 10. The molecule has 11 heteroatoms. The molecule has 0 aliphatic rings. The minimum atomic E-state index is -3.83. The Hall–Kier alpha value is -2.00. The lowest BCUT2D eigenvalue weighted by Crippen LogP contribution is -2.52. The van der Waals surface area contributed by atoms with E-state index >= 15 is 0 Å². The van der Waals surface area contributed by atoms with Crippen molar-refractivity contribution >= 4 is 62.3 Å². The first-order valence-electron chi connectivity index (χ1n) is 10.6. The lowest BCUT2D eigenvalue weighted by Gasteiger charge is -2.33. The Morgan fingerprint density at radius 2 is 1.65 bits per heavy atom. The summed E-state index contributed by atoms with van der Waals surface area (Å²) in [5.41, 5.74) is 1.50. The molecule has 0 aliphatic heterocycles. The van der Waals surface area contributed by atoms with E-state index in [2.05, 4.69) is 5.32 Å². The van der Waals surface area contributed by atoms with Crippen molar-refractivity contribution in [1.29, 1.82) is 0 Å². The summed E-state index contributed by atoms with van der Waals surface area (Å²) in [6, 6.07) is 8.76. The van der Waals surface area contributed by atoms with Gasteiger partial charge in [-0.25, -0.2) is 8.42 Å². The zero-order valence-corrected chi connectivity index (χ0v) is 22.5. The number of hydrogen-bond acceptors (Lipinski definition) is 4. The van der Waals surface area contributed by atoms with Gasteiger partial charge in [-0.3, -0.25) is 13.9 Å². The number of nitrogens with zero attached hydrogens (tertiary/aromatic N) is 2. The molecule has 34 heavy (non-hydrogen) atoms. The lowest BCUT2D eigenvalue weighted by atomic mass is 10.1. The summed E-state index contributed by atoms with van der Waals surface area (Å²) in [6.45, 7) is 5.16. The number of nitrogens with one attached hydrogen (secondary N) is 1. The van der Waals surface area contributed by atoms with E-state index in [1.54, 1.807) is 57.2 Å². The van der Waals surface area contributed by atoms with Crippen LogP contribution in [0.2, 0.25) is 15.1 Å². The maximum atomic E-state index is 13.6. The van der Waals surface area contributed by atoms with Crippen molar-refractivity contribution in [2.24, 2.45) is 0 Å². The predicted molar refractivity (Wildman–Crippen MR) is 138 cm³/mol. The van der Waals surface area contributed by atoms with E-state index in [0.29, 0.717) is 44.8 Å². The van der Waals surface area contributed by atoms with Crippen molar-refractivity contribution in [3.05, 3.63) is 62.6 Å². The third-order valence-corrected chi connectivity index (χ3v) is 7.15. The number of carbonyl (C=O) groups excluding carboxylic acids is 2. The average molecular weight is 549 g/mol. The van der Waals surface area contributed by atoms with Gasteiger partial charge in [0.25, 0.3) is 0 Å². The number of aryl methyl sites for hydroxylation is 1. The molecule has 0 radical (unpaired) electrons. The van der Waals surface area contributed by atoms with Crippen LogP contribution in [-0.4, -0.2) is 50.5 Å². The van der Waals surface area contributed by atoms with Crippen molar-refractivity contribution in [3.63, 3.8) is 0 Å². The Morgan fingerprint density at radius 1 is 1.03 bits per heavy atom. The van der Waals surface area contributed by atoms with Crippen LogP contribution in [0.25, 0.3) is 0 Å². The predicted octanol–water partition coefficient (Wildman–Crippen LogP) is 4.66. The van der Waals surface area contributed by atoms with E-state index in [9.17, 15) is 18.0 Å². The van der Waals surface area contributed by atoms with Crippen molar-refractivity contribution < 1.29 is 18.0 Å². The van der Waals surface area contributed by atoms with Crippen LogP contribution in [0.3, 0.4) is 0 Å². The zero-order valence-electron chi connectivity index (χ0n) is 19.4. The Morgan fingerprint density at radius 3 is 2.18 bits per heavy atom. The summed E-state index contributed by atoms with van der Waals surface area (Å²) in [6.07, 6.45) is 1.34. The van der Waals surface area contributed by atoms with Crippen LogP contribution >= 0.6 is 34.8 Å². The molecular weight excluding hydrogens is 521 g/mol. The normalized spacial score (nSPS) is 12.2. The quantitative estimate of drug-likeness (QED) is 0.468. The van der Waals surface area contributed by atoms with E-state index in [1.807, 2.05) is 0 Å². The summed E-state index contributed by atoms with van der Waals surface area (Å²) in [5, 5.41) is 3.96. The SMILES string of the molecule is CCNC(=O)C(CC)N(Cc1ccc(Cl)cc1Cl)C(=O)CN(c1ccc(Cl)cc1C)S(C)(=O)=O. The van der Waals surface area contributed by atoms with Gasteiger partial charge in [-0.15, -0.1) is 0 Å². The molecule has 2 rings (SSSR count). The van der Waals surface area contributed by atoms with Crippen molar-refractivity contribution in [3.8, 4) is 0 Å². The van der Waals surface area contributed by atoms with Crippen molar-refractivity contribution in [2.45, 2.75) is 39.8 Å². The molecule has 1 atom stereocenters. The fourth-order valence-electron chi connectivity index (χ4n) is 3.54. The molecule has 0 saturated heterocycles. The zero-order chi connectivity index (χ0) is 25.6. The van der Waals surface area contributed by atoms with Gasteiger partial charge in [-0.2, -0.15) is 0 Å². The molecule has 0 heterocycles. The third-order valence-electron chi connectivity index (χ3n) is 5.20. The molecule has 2 aromatic carbocycles. The van der Waals surface area contributed by atoms with Gasteiger partial charge in [0.1, 0.15) is 12.6 Å². The highest BCUT2D eigenvalue weighted by Gasteiger charge is 2.32. The molecule has 186 valence electrons. The van der Waals surface area contributed by atoms with Crippen LogP contribution in [0.1, 0.15) is 31.4 Å². The summed E-state index contributed by atoms with van der Waals surface area (Å²) < 4.78 is 26.3. The lowest BCUT2D eigenvalue weighted by molar-refractivity contribution is -0.140. The number of benzene rings is 2. The van der Waals surface area contributed by atoms with Gasteiger partial charge in [-0.1, -0.05) is 47.8 Å². The Labute approximate surface area is 216 Å². The second kappa shape index (κ2) is 12.1. The molecule has 0 spiro atoms. The van der Waals surface area contributed by atoms with E-state index < -0.39 is 28.5 Å². The van der Waals surface area contributed by atoms with E-state index in [4.69, 9.17) is 34.8 Å². The molecule has 0 saturated carbocycles. The maximum absolute atomic E-state index is 13.6. The highest BCUT2D eigenvalue weighted by atomic mass is 35.5. The summed E-state index contributed by atoms with van der Waals surface area (Å²) in [5.74, 6) is -0.888. The van der Waals surface area contributed by atoms with Gasteiger partial charge in [0.15, 0.2) is 0 Å². The van der Waals surface area contributed by atoms with Crippen molar-refractivity contribution in [2.75, 3.05) is 23.7 Å². The third kappa shape index (κ3) is 7.25. The Balaban J connectivity index is 2.50. The van der Waals surface area contributed by atoms with Crippen LogP contribution < -0.4 is 9.62 Å². The van der Waals surface area contributed by atoms with E-state index in [-0.39, 0.29) is 12.5 Å². The van der Waals surface area contributed by atoms with Crippen LogP contribution in [0.5, 0.6) is 0 Å². The van der Waals surface area contributed by atoms with Gasteiger partial charge < -0.3 is 10.2 Å². The number of anilines is 1. The van der Waals surface area contributed by atoms with Crippen LogP contribution in [0.15, 0.2) is 36.4 Å². The average Bonchev–Trinajstić information content (AvgIpc) is 2.73. The van der Waals surface area contributed by atoms with Crippen molar-refractivity contribution in [1.82, 2.24) is 10.2 Å². The Kier molecular flexibility index (Phi) is 10.1. The number of halogens is 3. The first-order valence-corrected chi connectivity index (χ1v) is 13.6. The fourth-order valence-corrected chi connectivity index (χ4v) is 5.14. The van der Waals surface area contributed by atoms with Gasteiger partial charge in [0, 0.05) is 28.2 Å². The second-order valence-corrected chi connectivity index (χ2v) is 11.0. The molecule has 1 N–H and O–H groups in total. The highest BCUT2D eigenvalue weighted by molar-refractivity contribution is 7.92. The molecule has 0 aromatic heterocycles. The molecule has 7 nitrogen and oxygen atoms in total. The van der Waals surface area contributed by atoms with Crippen LogP contribution in [0.4, 0.5) is 5.69 Å². The second-order valence-electron chi connectivity index (χ2n) is 7.78. The molecule has 0 aliphatic carbocycles. The highest BCUT2D eigenvalue weighted by Crippen LogP contribution is 2.27. The van der Waals surface area contributed by atoms with E-state index in [1.165, 1.54) is 4.90 Å². The Bertz CT molecular complexity index is 1160. The van der Waals surface area contributed by atoms with Crippen LogP contribution in [-0.2, 0) is 26.2 Å². The standard InChI is InChI=1S/C23H28Cl3N3O4S/c1-5-20(23(31)27-6-2)28(13-16-7-8-18(25)12-19(16)26)22(30)14-29(34(4,32)33)21-10-9-17(24)11-15(21)3/h7-12,20H,5-6,13-14H2,1-4H3,(H,27,31). The van der Waals surface area contributed by atoms with Crippen LogP contribution in [0, 0.1) is 6.92 Å². The van der Waals surface area contributed by atoms with E-state index in [0.717, 1.165) is 10.6 Å². The molecule has 2 amide bonds. The topological polar surface area (TPSA) is 86.8 Å². The summed E-state index contributed by atoms with van der Waals surface area (Å²) >= 11 is 18.4. The minimum Gasteiger partial charge on any atom is -0.355 e. The smallest absolute Gasteiger partial charge is 0.244 e. The monoisotopic (exact) mass is 547 g/mol. The number of likely N-dealkylation sites (N-methyl/N-ethyl adjacent to an activating group) is 1. The maximum Gasteiger partial charge on any atom is 0.244 e. The number of amides is 2. The summed E-state index contributed by atoms with van der Waals surface area (Å²) in [4.78, 5) is 27.7. The molecule has 1 unspecified atom stereocenters. The number of sulfonamides is 1. The molecule has 0 bridgehead atoms. The number of carbonyl (C=O) groups is 2.